The molecule has 0 saturated carbocycles. The van der Waals surface area contributed by atoms with Gasteiger partial charge in [-0.2, -0.15) is 19.6 Å². The van der Waals surface area contributed by atoms with Crippen molar-refractivity contribution in [1.82, 2.24) is 24.5 Å². The van der Waals surface area contributed by atoms with Crippen LogP contribution in [0.15, 0.2) is 66.9 Å². The Hall–Kier alpha value is -4.81. The molecule has 0 atom stereocenters. The topological polar surface area (TPSA) is 146 Å². The van der Waals surface area contributed by atoms with Crippen molar-refractivity contribution in [2.45, 2.75) is 45.2 Å². The number of likely N-dealkylation sites (N-methyl/N-ethyl adjacent to an activating group) is 1. The van der Waals surface area contributed by atoms with Gasteiger partial charge in [-0.3, -0.25) is 9.59 Å². The first-order valence-corrected chi connectivity index (χ1v) is 15.3. The normalized spacial score (nSPS) is 14.1. The Morgan fingerprint density at radius 1 is 1.07 bits per heavy atom. The van der Waals surface area contributed by atoms with E-state index in [9.17, 15) is 9.59 Å². The summed E-state index contributed by atoms with van der Waals surface area (Å²) in [5.74, 6) is 0.928. The van der Waals surface area contributed by atoms with Gasteiger partial charge in [0.1, 0.15) is 0 Å². The molecule has 4 aromatic rings. The van der Waals surface area contributed by atoms with E-state index < -0.39 is 0 Å². The van der Waals surface area contributed by atoms with Gasteiger partial charge in [0.05, 0.1) is 6.20 Å². The lowest BCUT2D eigenvalue weighted by atomic mass is 10.1. The lowest BCUT2D eigenvalue weighted by Gasteiger charge is -2.30. The second-order valence-corrected chi connectivity index (χ2v) is 11.9. The Morgan fingerprint density at radius 3 is 2.60 bits per heavy atom. The van der Waals surface area contributed by atoms with Crippen molar-refractivity contribution in [3.05, 3.63) is 83.6 Å². The van der Waals surface area contributed by atoms with E-state index in [-0.39, 0.29) is 23.8 Å². The zero-order valence-corrected chi connectivity index (χ0v) is 26.3. The highest BCUT2D eigenvalue weighted by molar-refractivity contribution is 6.06. The lowest BCUT2D eigenvalue weighted by molar-refractivity contribution is -0.111. The van der Waals surface area contributed by atoms with E-state index in [2.05, 4.69) is 39.8 Å². The molecule has 12 nitrogen and oxygen atoms in total. The van der Waals surface area contributed by atoms with E-state index in [1.165, 1.54) is 6.08 Å². The first-order chi connectivity index (χ1) is 21.7. The Labute approximate surface area is 263 Å². The number of nitrogens with zero attached hydrogens (tertiary/aromatic N) is 6. The summed E-state index contributed by atoms with van der Waals surface area (Å²) in [4.78, 5) is 39.5. The number of nitrogens with two attached hydrogens (primary N) is 1. The number of hydrogen-bond donors (Lipinski definition) is 4. The van der Waals surface area contributed by atoms with Crippen LogP contribution >= 0.6 is 0 Å². The standard InChI is InChI=1S/C33H42N10O2/c1-22(2)27-21-36-43-30(27)39-33(42-17-14-25(34)15-18-42)40-32(43)35-20-24-9-5-6-12-28(24)38-31(45)23-10-7-11-26(19-23)37-29(44)13-8-16-41(3)4/h5-13,19,21-22,25H,14-18,20,34H2,1-4H3,(H,37,44)(H,38,45)(H,35,39,40)/b13-8+. The molecular weight excluding hydrogens is 568 g/mol. The van der Waals surface area contributed by atoms with Crippen LogP contribution in [0.3, 0.4) is 0 Å². The molecule has 5 rings (SSSR count). The summed E-state index contributed by atoms with van der Waals surface area (Å²) in [7, 11) is 3.86. The predicted molar refractivity (Wildman–Crippen MR) is 179 cm³/mol. The van der Waals surface area contributed by atoms with Gasteiger partial charge in [0.15, 0.2) is 5.65 Å². The third-order valence-electron chi connectivity index (χ3n) is 7.66. The molecule has 1 saturated heterocycles. The number of fused-ring (bicyclic) bond motifs is 1. The first kappa shape index (κ1) is 31.6. The van der Waals surface area contributed by atoms with Crippen LogP contribution in [0, 0.1) is 0 Å². The van der Waals surface area contributed by atoms with Crippen molar-refractivity contribution >= 4 is 40.7 Å². The Morgan fingerprint density at radius 2 is 1.84 bits per heavy atom. The van der Waals surface area contributed by atoms with E-state index in [1.54, 1.807) is 34.9 Å². The van der Waals surface area contributed by atoms with Gasteiger partial charge in [-0.15, -0.1) is 0 Å². The highest BCUT2D eigenvalue weighted by Gasteiger charge is 2.22. The largest absolute Gasteiger partial charge is 0.350 e. The maximum Gasteiger partial charge on any atom is 0.255 e. The van der Waals surface area contributed by atoms with Crippen molar-refractivity contribution < 1.29 is 9.59 Å². The predicted octanol–water partition coefficient (Wildman–Crippen LogP) is 4.10. The average Bonchev–Trinajstić information content (AvgIpc) is 3.45. The van der Waals surface area contributed by atoms with E-state index in [4.69, 9.17) is 15.7 Å². The summed E-state index contributed by atoms with van der Waals surface area (Å²) in [6, 6.07) is 14.7. The molecule has 1 aliphatic heterocycles. The highest BCUT2D eigenvalue weighted by Crippen LogP contribution is 2.26. The summed E-state index contributed by atoms with van der Waals surface area (Å²) in [6.07, 6.45) is 6.90. The fraction of sp³-hybridized carbons (Fsp3) is 0.364. The van der Waals surface area contributed by atoms with Crippen LogP contribution in [0.2, 0.25) is 0 Å². The van der Waals surface area contributed by atoms with E-state index >= 15 is 0 Å². The molecule has 0 aliphatic carbocycles. The van der Waals surface area contributed by atoms with Crippen LogP contribution in [0.25, 0.3) is 5.65 Å². The van der Waals surface area contributed by atoms with Crippen molar-refractivity contribution in [2.24, 2.45) is 5.73 Å². The maximum atomic E-state index is 13.3. The van der Waals surface area contributed by atoms with Gasteiger partial charge in [0.2, 0.25) is 17.8 Å². The van der Waals surface area contributed by atoms with E-state index in [1.807, 2.05) is 49.5 Å². The van der Waals surface area contributed by atoms with Crippen LogP contribution in [0.5, 0.6) is 0 Å². The van der Waals surface area contributed by atoms with Crippen LogP contribution < -0.4 is 26.6 Å². The summed E-state index contributed by atoms with van der Waals surface area (Å²) in [5.41, 5.74) is 10.5. The minimum atomic E-state index is -0.287. The number of carbonyl (C=O) groups is 2. The number of nitrogens with one attached hydrogen (secondary N) is 3. The smallest absolute Gasteiger partial charge is 0.255 e. The molecule has 0 radical (unpaired) electrons. The summed E-state index contributed by atoms with van der Waals surface area (Å²) in [5, 5.41) is 13.9. The van der Waals surface area contributed by atoms with Crippen LogP contribution in [0.4, 0.5) is 23.3 Å². The average molecular weight is 611 g/mol. The molecule has 2 aromatic carbocycles. The number of aromatic nitrogens is 4. The van der Waals surface area contributed by atoms with Crippen molar-refractivity contribution in [3.63, 3.8) is 0 Å². The molecule has 2 amide bonds. The van der Waals surface area contributed by atoms with Gasteiger partial charge in [-0.25, -0.2) is 0 Å². The molecule has 1 fully saturated rings. The lowest BCUT2D eigenvalue weighted by Crippen LogP contribution is -2.40. The number of carbonyl (C=O) groups excluding carboxylic acids is 2. The number of para-hydroxylation sites is 1. The summed E-state index contributed by atoms with van der Waals surface area (Å²) < 4.78 is 1.74. The van der Waals surface area contributed by atoms with E-state index in [0.29, 0.717) is 41.9 Å². The third kappa shape index (κ3) is 8.02. The number of benzene rings is 2. The SMILES string of the molecule is CC(C)c1cnn2c(NCc3ccccc3NC(=O)c3cccc(NC(=O)/C=C/CN(C)C)c3)nc(N3CCC(N)CC3)nc12. The molecule has 45 heavy (non-hydrogen) atoms. The first-order valence-electron chi connectivity index (χ1n) is 15.3. The molecule has 2 aromatic heterocycles. The number of rotatable bonds is 11. The number of hydrogen-bond acceptors (Lipinski definition) is 9. The quantitative estimate of drug-likeness (QED) is 0.184. The van der Waals surface area contributed by atoms with Crippen molar-refractivity contribution in [2.75, 3.05) is 54.6 Å². The zero-order valence-electron chi connectivity index (χ0n) is 26.3. The molecule has 3 heterocycles. The third-order valence-corrected chi connectivity index (χ3v) is 7.66. The van der Waals surface area contributed by atoms with Gasteiger partial charge in [0, 0.05) is 60.8 Å². The Balaban J connectivity index is 1.32. The van der Waals surface area contributed by atoms with Crippen LogP contribution in [0.1, 0.15) is 54.1 Å². The fourth-order valence-electron chi connectivity index (χ4n) is 5.10. The van der Waals surface area contributed by atoms with Crippen molar-refractivity contribution in [1.29, 1.82) is 0 Å². The molecule has 0 bridgehead atoms. The molecule has 1 aliphatic rings. The van der Waals surface area contributed by atoms with Gasteiger partial charge in [-0.1, -0.05) is 44.2 Å². The van der Waals surface area contributed by atoms with E-state index in [0.717, 1.165) is 42.7 Å². The Kier molecular flexibility index (Phi) is 10.1. The van der Waals surface area contributed by atoms with Crippen LogP contribution in [-0.4, -0.2) is 76.1 Å². The van der Waals surface area contributed by atoms with Gasteiger partial charge in [0.25, 0.3) is 5.91 Å². The molecule has 0 spiro atoms. The monoisotopic (exact) mass is 610 g/mol. The fourth-order valence-corrected chi connectivity index (χ4v) is 5.10. The molecule has 5 N–H and O–H groups in total. The number of amides is 2. The number of piperidine rings is 1. The second-order valence-electron chi connectivity index (χ2n) is 11.9. The molecule has 236 valence electrons. The molecule has 12 heteroatoms. The van der Waals surface area contributed by atoms with Gasteiger partial charge >= 0.3 is 0 Å². The minimum absolute atomic E-state index is 0.201. The number of anilines is 4. The molecule has 0 unspecified atom stereocenters. The Bertz CT molecular complexity index is 1670. The highest BCUT2D eigenvalue weighted by atomic mass is 16.2. The second kappa shape index (κ2) is 14.3. The minimum Gasteiger partial charge on any atom is -0.350 e. The summed E-state index contributed by atoms with van der Waals surface area (Å²) in [6.45, 7) is 6.89. The zero-order chi connectivity index (χ0) is 31.9. The van der Waals surface area contributed by atoms with Gasteiger partial charge < -0.3 is 31.5 Å². The van der Waals surface area contributed by atoms with Crippen molar-refractivity contribution in [3.8, 4) is 0 Å². The molecular formula is C33H42N10O2. The van der Waals surface area contributed by atoms with Gasteiger partial charge in [-0.05, 0) is 62.7 Å². The maximum absolute atomic E-state index is 13.3. The van der Waals surface area contributed by atoms with Crippen LogP contribution in [-0.2, 0) is 11.3 Å². The summed E-state index contributed by atoms with van der Waals surface area (Å²) >= 11 is 0.